The molecule has 0 aliphatic carbocycles. The topological polar surface area (TPSA) is 61.6 Å². The maximum absolute atomic E-state index is 12.8. The molecule has 0 spiro atoms. The molecule has 2 aromatic rings. The zero-order valence-electron chi connectivity index (χ0n) is 11.7. The number of hydrogen-bond acceptors (Lipinski definition) is 4. The minimum Gasteiger partial charge on any atom is -0.490 e. The van der Waals surface area contributed by atoms with Crippen molar-refractivity contribution in [2.24, 2.45) is 0 Å². The fourth-order valence-corrected chi connectivity index (χ4v) is 1.82. The van der Waals surface area contributed by atoms with E-state index in [0.29, 0.717) is 0 Å². The number of nitro groups is 1. The molecule has 0 fully saturated rings. The van der Waals surface area contributed by atoms with Crippen molar-refractivity contribution in [1.82, 2.24) is 0 Å². The number of halogens is 3. The van der Waals surface area contributed by atoms with E-state index in [0.717, 1.165) is 6.07 Å². The molecule has 0 amide bonds. The summed E-state index contributed by atoms with van der Waals surface area (Å²) in [5.74, 6) is -0.0467. The molecule has 8 heteroatoms. The molecule has 0 saturated carbocycles. The molecule has 0 aliphatic rings. The van der Waals surface area contributed by atoms with Crippen molar-refractivity contribution < 1.29 is 27.6 Å². The fourth-order valence-electron chi connectivity index (χ4n) is 1.82. The van der Waals surface area contributed by atoms with Crippen LogP contribution in [0.4, 0.5) is 18.9 Å². The summed E-state index contributed by atoms with van der Waals surface area (Å²) in [7, 11) is 0. The minimum atomic E-state index is -4.50. The first-order valence-electron chi connectivity index (χ1n) is 6.54. The van der Waals surface area contributed by atoms with Crippen LogP contribution in [0, 0.1) is 10.1 Å². The van der Waals surface area contributed by atoms with Gasteiger partial charge in [-0.05, 0) is 18.2 Å². The Kier molecular flexibility index (Phi) is 5.05. The van der Waals surface area contributed by atoms with Crippen LogP contribution < -0.4 is 9.47 Å². The van der Waals surface area contributed by atoms with Gasteiger partial charge in [-0.1, -0.05) is 18.2 Å². The predicted molar refractivity (Wildman–Crippen MR) is 75.5 cm³/mol. The SMILES string of the molecule is O=[N+]([O-])c1cccc(OCCOc2ccccc2C(F)(F)F)c1. The molecule has 0 aliphatic heterocycles. The van der Waals surface area contributed by atoms with E-state index in [1.807, 2.05) is 0 Å². The first-order chi connectivity index (χ1) is 10.9. The number of para-hydroxylation sites is 1. The maximum atomic E-state index is 12.8. The first-order valence-corrected chi connectivity index (χ1v) is 6.54. The summed E-state index contributed by atoms with van der Waals surface area (Å²) in [4.78, 5) is 10.1. The van der Waals surface area contributed by atoms with Crippen LogP contribution in [0.15, 0.2) is 48.5 Å². The maximum Gasteiger partial charge on any atom is 0.419 e. The molecule has 0 heterocycles. The van der Waals surface area contributed by atoms with Crippen molar-refractivity contribution >= 4 is 5.69 Å². The van der Waals surface area contributed by atoms with Gasteiger partial charge in [-0.2, -0.15) is 13.2 Å². The number of rotatable bonds is 6. The molecule has 0 atom stereocenters. The van der Waals surface area contributed by atoms with E-state index in [1.165, 1.54) is 42.5 Å². The lowest BCUT2D eigenvalue weighted by atomic mass is 10.2. The van der Waals surface area contributed by atoms with Gasteiger partial charge in [0.15, 0.2) is 0 Å². The number of non-ortho nitro benzene ring substituents is 1. The van der Waals surface area contributed by atoms with Gasteiger partial charge in [0.1, 0.15) is 24.7 Å². The van der Waals surface area contributed by atoms with Gasteiger partial charge in [-0.25, -0.2) is 0 Å². The lowest BCUT2D eigenvalue weighted by molar-refractivity contribution is -0.384. The molecule has 0 saturated heterocycles. The third-order valence-corrected chi connectivity index (χ3v) is 2.83. The number of benzene rings is 2. The van der Waals surface area contributed by atoms with Crippen LogP contribution in [0.3, 0.4) is 0 Å². The molecule has 5 nitrogen and oxygen atoms in total. The first kappa shape index (κ1) is 16.6. The van der Waals surface area contributed by atoms with Gasteiger partial charge in [0.2, 0.25) is 0 Å². The van der Waals surface area contributed by atoms with Crippen molar-refractivity contribution in [3.8, 4) is 11.5 Å². The second-order valence-electron chi connectivity index (χ2n) is 4.45. The molecule has 23 heavy (non-hydrogen) atoms. The summed E-state index contributed by atoms with van der Waals surface area (Å²) in [6.07, 6.45) is -4.50. The van der Waals surface area contributed by atoms with E-state index >= 15 is 0 Å². The normalized spacial score (nSPS) is 11.1. The monoisotopic (exact) mass is 327 g/mol. The Morgan fingerprint density at radius 3 is 2.39 bits per heavy atom. The van der Waals surface area contributed by atoms with E-state index in [-0.39, 0.29) is 30.4 Å². The van der Waals surface area contributed by atoms with E-state index in [9.17, 15) is 23.3 Å². The van der Waals surface area contributed by atoms with E-state index in [4.69, 9.17) is 9.47 Å². The van der Waals surface area contributed by atoms with Crippen LogP contribution in [-0.2, 0) is 6.18 Å². The summed E-state index contributed by atoms with van der Waals surface area (Å²) in [6, 6.07) is 10.4. The quantitative estimate of drug-likeness (QED) is 0.456. The van der Waals surface area contributed by atoms with Crippen molar-refractivity contribution in [1.29, 1.82) is 0 Å². The Balaban J connectivity index is 1.92. The molecular weight excluding hydrogens is 315 g/mol. The third kappa shape index (κ3) is 4.60. The summed E-state index contributed by atoms with van der Waals surface area (Å²) >= 11 is 0. The minimum absolute atomic E-state index is 0.0483. The molecule has 2 aromatic carbocycles. The van der Waals surface area contributed by atoms with Crippen LogP contribution in [-0.4, -0.2) is 18.1 Å². The Labute approximate surface area is 129 Å². The number of hydrogen-bond donors (Lipinski definition) is 0. The standard InChI is InChI=1S/C15H12F3NO4/c16-15(17,18)13-6-1-2-7-14(13)23-9-8-22-12-5-3-4-11(10-12)19(20)21/h1-7,10H,8-9H2. The molecule has 0 unspecified atom stereocenters. The highest BCUT2D eigenvalue weighted by molar-refractivity contribution is 5.38. The predicted octanol–water partition coefficient (Wildman–Crippen LogP) is 4.07. The molecule has 0 aromatic heterocycles. The number of nitrogens with zero attached hydrogens (tertiary/aromatic N) is 1. The average Bonchev–Trinajstić information content (AvgIpc) is 2.51. The van der Waals surface area contributed by atoms with Gasteiger partial charge in [0.25, 0.3) is 5.69 Å². The number of ether oxygens (including phenoxy) is 2. The van der Waals surface area contributed by atoms with Gasteiger partial charge >= 0.3 is 6.18 Å². The highest BCUT2D eigenvalue weighted by Crippen LogP contribution is 2.35. The molecular formula is C15H12F3NO4. The summed E-state index contributed by atoms with van der Waals surface area (Å²) in [5.41, 5.74) is -0.999. The highest BCUT2D eigenvalue weighted by Gasteiger charge is 2.33. The van der Waals surface area contributed by atoms with Crippen LogP contribution in [0.5, 0.6) is 11.5 Å². The van der Waals surface area contributed by atoms with Crippen LogP contribution in [0.25, 0.3) is 0 Å². The molecule has 122 valence electrons. The summed E-state index contributed by atoms with van der Waals surface area (Å²) in [6.45, 7) is -0.177. The van der Waals surface area contributed by atoms with Crippen LogP contribution >= 0.6 is 0 Å². The van der Waals surface area contributed by atoms with Crippen LogP contribution in [0.1, 0.15) is 5.56 Å². The van der Waals surface area contributed by atoms with Gasteiger partial charge in [0, 0.05) is 6.07 Å². The Bertz CT molecular complexity index is 688. The van der Waals surface area contributed by atoms with Gasteiger partial charge < -0.3 is 9.47 Å². The Morgan fingerprint density at radius 2 is 1.70 bits per heavy atom. The summed E-state index contributed by atoms with van der Waals surface area (Å²) < 4.78 is 48.6. The zero-order valence-corrected chi connectivity index (χ0v) is 11.7. The van der Waals surface area contributed by atoms with Crippen molar-refractivity contribution in [2.75, 3.05) is 13.2 Å². The van der Waals surface area contributed by atoms with E-state index < -0.39 is 16.7 Å². The second kappa shape index (κ2) is 6.99. The summed E-state index contributed by atoms with van der Waals surface area (Å²) in [5, 5.41) is 10.6. The van der Waals surface area contributed by atoms with Crippen molar-refractivity contribution in [2.45, 2.75) is 6.18 Å². The second-order valence-corrected chi connectivity index (χ2v) is 4.45. The van der Waals surface area contributed by atoms with Gasteiger partial charge in [-0.3, -0.25) is 10.1 Å². The number of nitro benzene ring substituents is 1. The Hall–Kier alpha value is -2.77. The van der Waals surface area contributed by atoms with Gasteiger partial charge in [-0.15, -0.1) is 0 Å². The lowest BCUT2D eigenvalue weighted by Crippen LogP contribution is -2.13. The lowest BCUT2D eigenvalue weighted by Gasteiger charge is -2.14. The zero-order chi connectivity index (χ0) is 16.9. The number of alkyl halides is 3. The Morgan fingerprint density at radius 1 is 1.00 bits per heavy atom. The third-order valence-electron chi connectivity index (χ3n) is 2.83. The van der Waals surface area contributed by atoms with Crippen molar-refractivity contribution in [3.63, 3.8) is 0 Å². The van der Waals surface area contributed by atoms with Gasteiger partial charge in [0.05, 0.1) is 16.6 Å². The van der Waals surface area contributed by atoms with Crippen LogP contribution in [0.2, 0.25) is 0 Å². The van der Waals surface area contributed by atoms with Crippen molar-refractivity contribution in [3.05, 3.63) is 64.2 Å². The molecule has 0 radical (unpaired) electrons. The van der Waals surface area contributed by atoms with E-state index in [1.54, 1.807) is 0 Å². The molecule has 0 bridgehead atoms. The fraction of sp³-hybridized carbons (Fsp3) is 0.200. The highest BCUT2D eigenvalue weighted by atomic mass is 19.4. The smallest absolute Gasteiger partial charge is 0.419 e. The molecule has 0 N–H and O–H groups in total. The average molecular weight is 327 g/mol. The molecule has 2 rings (SSSR count). The largest absolute Gasteiger partial charge is 0.490 e. The van der Waals surface area contributed by atoms with E-state index in [2.05, 4.69) is 0 Å².